The number of urea groups is 1. The third kappa shape index (κ3) is 4.43. The average molecular weight is 482 g/mol. The van der Waals surface area contributed by atoms with Crippen LogP contribution in [0.1, 0.15) is 61.3 Å². The van der Waals surface area contributed by atoms with Crippen molar-refractivity contribution in [3.8, 4) is 11.5 Å². The highest BCUT2D eigenvalue weighted by Crippen LogP contribution is 2.38. The molecule has 0 unspecified atom stereocenters. The van der Waals surface area contributed by atoms with Crippen molar-refractivity contribution < 1.29 is 4.79 Å². The first-order chi connectivity index (χ1) is 17.5. The van der Waals surface area contributed by atoms with E-state index in [4.69, 9.17) is 5.10 Å². The smallest absolute Gasteiger partial charge is 0.318 e. The van der Waals surface area contributed by atoms with Crippen LogP contribution in [-0.4, -0.2) is 31.8 Å². The molecule has 1 aliphatic heterocycles. The summed E-state index contributed by atoms with van der Waals surface area (Å²) in [6, 6.07) is 22.8. The number of hydrogen-bond acceptors (Lipinski definition) is 2. The number of benzene rings is 2. The van der Waals surface area contributed by atoms with Gasteiger partial charge in [0.05, 0.1) is 29.7 Å². The lowest BCUT2D eigenvalue weighted by Gasteiger charge is -2.31. The maximum Gasteiger partial charge on any atom is 0.318 e. The Bertz CT molecular complexity index is 1330. The Morgan fingerprint density at radius 2 is 1.81 bits per heavy atom. The van der Waals surface area contributed by atoms with Crippen LogP contribution in [0.3, 0.4) is 0 Å². The molecule has 5 rings (SSSR count). The molecule has 0 saturated carbocycles. The Morgan fingerprint density at radius 3 is 2.50 bits per heavy atom. The van der Waals surface area contributed by atoms with Crippen LogP contribution < -0.4 is 5.32 Å². The molecule has 0 radical (unpaired) electrons. The molecule has 2 aromatic heterocycles. The molecule has 3 heterocycles. The van der Waals surface area contributed by atoms with Gasteiger partial charge in [-0.05, 0) is 61.1 Å². The van der Waals surface area contributed by atoms with Gasteiger partial charge in [-0.15, -0.1) is 0 Å². The molecule has 0 fully saturated rings. The van der Waals surface area contributed by atoms with E-state index in [1.807, 2.05) is 34.7 Å². The number of carbonyl (C=O) groups is 1. The van der Waals surface area contributed by atoms with Gasteiger partial charge in [0.25, 0.3) is 0 Å². The van der Waals surface area contributed by atoms with Crippen LogP contribution in [0.2, 0.25) is 0 Å². The van der Waals surface area contributed by atoms with Gasteiger partial charge < -0.3 is 14.8 Å². The number of nitrogens with zero attached hydrogens (tertiary/aromatic N) is 4. The third-order valence-electron chi connectivity index (χ3n) is 7.05. The molecule has 36 heavy (non-hydrogen) atoms. The summed E-state index contributed by atoms with van der Waals surface area (Å²) in [7, 11) is 0. The van der Waals surface area contributed by atoms with Gasteiger partial charge in [0.2, 0.25) is 0 Å². The Kier molecular flexibility index (Phi) is 6.68. The van der Waals surface area contributed by atoms with E-state index >= 15 is 0 Å². The van der Waals surface area contributed by atoms with E-state index in [0.29, 0.717) is 19.0 Å². The minimum atomic E-state index is -0.221. The van der Waals surface area contributed by atoms with Crippen molar-refractivity contribution >= 4 is 6.03 Å². The van der Waals surface area contributed by atoms with E-state index in [9.17, 15) is 4.79 Å². The van der Waals surface area contributed by atoms with Gasteiger partial charge in [-0.2, -0.15) is 5.10 Å². The highest BCUT2D eigenvalue weighted by atomic mass is 16.2. The summed E-state index contributed by atoms with van der Waals surface area (Å²) < 4.78 is 4.22. The van der Waals surface area contributed by atoms with Crippen LogP contribution in [0, 0.1) is 12.8 Å². The first-order valence-corrected chi connectivity index (χ1v) is 12.9. The maximum absolute atomic E-state index is 13.7. The third-order valence-corrected chi connectivity index (χ3v) is 7.05. The number of aryl methyl sites for hydroxylation is 2. The number of aromatic nitrogens is 3. The molecular weight excluding hydrogens is 446 g/mol. The van der Waals surface area contributed by atoms with Crippen LogP contribution in [0.4, 0.5) is 4.79 Å². The number of nitrogens with one attached hydrogen (secondary N) is 1. The highest BCUT2D eigenvalue weighted by Gasteiger charge is 2.35. The second-order valence-electron chi connectivity index (χ2n) is 9.98. The Labute approximate surface area is 213 Å². The number of fused-ring (bicyclic) bond motifs is 3. The molecule has 0 spiro atoms. The summed E-state index contributed by atoms with van der Waals surface area (Å²) in [6.45, 7) is 9.68. The second kappa shape index (κ2) is 10.1. The normalized spacial score (nSPS) is 14.9. The Balaban J connectivity index is 1.66. The largest absolute Gasteiger partial charge is 0.338 e. The SMILES string of the molecule is CCc1ccc([C@@H]2c3cccn3-c3c(c(C)nn3-c3ccccc3)CN2C(=O)NCCC(C)C)cc1. The maximum atomic E-state index is 13.7. The molecule has 2 amide bonds. The molecule has 6 nitrogen and oxygen atoms in total. The molecular formula is C30H35N5O. The molecule has 0 saturated heterocycles. The fourth-order valence-electron chi connectivity index (χ4n) is 5.00. The minimum absolute atomic E-state index is 0.0484. The molecule has 0 bridgehead atoms. The molecule has 1 atom stereocenters. The van der Waals surface area contributed by atoms with E-state index in [-0.39, 0.29) is 12.1 Å². The number of amides is 2. The van der Waals surface area contributed by atoms with Gasteiger partial charge in [-0.1, -0.05) is 63.2 Å². The molecule has 1 aliphatic rings. The number of carbonyl (C=O) groups excluding carboxylic acids is 1. The zero-order chi connectivity index (χ0) is 25.2. The fraction of sp³-hybridized carbons (Fsp3) is 0.333. The number of para-hydroxylation sites is 1. The zero-order valence-electron chi connectivity index (χ0n) is 21.6. The topological polar surface area (TPSA) is 55.1 Å². The Morgan fingerprint density at radius 1 is 1.06 bits per heavy atom. The summed E-state index contributed by atoms with van der Waals surface area (Å²) in [5.74, 6) is 1.52. The molecule has 2 aromatic carbocycles. The van der Waals surface area contributed by atoms with Gasteiger partial charge in [0.15, 0.2) is 0 Å². The van der Waals surface area contributed by atoms with E-state index in [1.54, 1.807) is 0 Å². The summed E-state index contributed by atoms with van der Waals surface area (Å²) in [5, 5.41) is 8.12. The second-order valence-corrected chi connectivity index (χ2v) is 9.98. The summed E-state index contributed by atoms with van der Waals surface area (Å²) >= 11 is 0. The van der Waals surface area contributed by atoms with Crippen molar-refractivity contribution in [3.05, 3.63) is 101 Å². The van der Waals surface area contributed by atoms with Gasteiger partial charge >= 0.3 is 6.03 Å². The van der Waals surface area contributed by atoms with Crippen LogP contribution in [-0.2, 0) is 13.0 Å². The van der Waals surface area contributed by atoms with E-state index in [1.165, 1.54) is 5.56 Å². The standard InChI is InChI=1S/C30H35N5O/c1-5-23-13-15-24(16-14-23)28-27-12-9-19-33(27)29-26(20-34(28)30(36)31-18-17-21(2)3)22(4)32-35(29)25-10-7-6-8-11-25/h6-16,19,21,28H,5,17-18,20H2,1-4H3,(H,31,36)/t28-/m1/s1. The lowest BCUT2D eigenvalue weighted by atomic mass is 9.99. The van der Waals surface area contributed by atoms with Crippen LogP contribution in [0.25, 0.3) is 11.5 Å². The molecule has 1 N–H and O–H groups in total. The van der Waals surface area contributed by atoms with Crippen molar-refractivity contribution in [1.29, 1.82) is 0 Å². The van der Waals surface area contributed by atoms with Gasteiger partial charge in [0.1, 0.15) is 5.82 Å². The highest BCUT2D eigenvalue weighted by molar-refractivity contribution is 5.76. The van der Waals surface area contributed by atoms with Crippen molar-refractivity contribution in [2.75, 3.05) is 6.54 Å². The van der Waals surface area contributed by atoms with E-state index in [2.05, 4.69) is 85.4 Å². The molecule has 6 heteroatoms. The molecule has 186 valence electrons. The first-order valence-electron chi connectivity index (χ1n) is 12.9. The Hall–Kier alpha value is -3.80. The van der Waals surface area contributed by atoms with Gasteiger partial charge in [-0.25, -0.2) is 9.48 Å². The van der Waals surface area contributed by atoms with Crippen molar-refractivity contribution in [3.63, 3.8) is 0 Å². The van der Waals surface area contributed by atoms with Gasteiger partial charge in [-0.3, -0.25) is 0 Å². The predicted molar refractivity (Wildman–Crippen MR) is 144 cm³/mol. The summed E-state index contributed by atoms with van der Waals surface area (Å²) in [4.78, 5) is 15.7. The number of rotatable bonds is 6. The predicted octanol–water partition coefficient (Wildman–Crippen LogP) is 6.19. The molecule has 0 aliphatic carbocycles. The lowest BCUT2D eigenvalue weighted by Crippen LogP contribution is -2.42. The number of hydrogen-bond donors (Lipinski definition) is 1. The van der Waals surface area contributed by atoms with Crippen LogP contribution >= 0.6 is 0 Å². The van der Waals surface area contributed by atoms with Crippen molar-refractivity contribution in [2.45, 2.75) is 53.1 Å². The monoisotopic (exact) mass is 481 g/mol. The van der Waals surface area contributed by atoms with E-state index in [0.717, 1.165) is 46.9 Å². The van der Waals surface area contributed by atoms with Crippen molar-refractivity contribution in [1.82, 2.24) is 24.6 Å². The zero-order valence-corrected chi connectivity index (χ0v) is 21.6. The summed E-state index contributed by atoms with van der Waals surface area (Å²) in [5.41, 5.74) is 6.43. The lowest BCUT2D eigenvalue weighted by molar-refractivity contribution is 0.180. The molecule has 4 aromatic rings. The van der Waals surface area contributed by atoms with Crippen LogP contribution in [0.5, 0.6) is 0 Å². The average Bonchev–Trinajstić information content (AvgIpc) is 3.45. The quantitative estimate of drug-likeness (QED) is 0.357. The van der Waals surface area contributed by atoms with Crippen LogP contribution in [0.15, 0.2) is 72.9 Å². The van der Waals surface area contributed by atoms with E-state index < -0.39 is 0 Å². The minimum Gasteiger partial charge on any atom is -0.338 e. The fourth-order valence-corrected chi connectivity index (χ4v) is 5.00. The summed E-state index contributed by atoms with van der Waals surface area (Å²) in [6.07, 6.45) is 4.02. The first kappa shape index (κ1) is 23.9. The van der Waals surface area contributed by atoms with Gasteiger partial charge in [0, 0.05) is 18.3 Å². The van der Waals surface area contributed by atoms with Crippen molar-refractivity contribution in [2.24, 2.45) is 5.92 Å².